The molecule has 1 saturated carbocycles. The molecule has 0 bridgehead atoms. The standard InChI is InChI=1S/C33H41FN4O3/c1-22-32(23(2)41-35-22)26-10-13-29-25(19-26)9-12-28(38(29)33(39)24-7-5-4-6-8-24)21-36-15-17-37(18-16-36)30-14-11-27(34)20-31(30)40-3/h10-11,13-14,19-20,24,28H,4-9,12,15-18,21H2,1-3H3. The van der Waals surface area contributed by atoms with Crippen molar-refractivity contribution in [3.05, 3.63) is 59.2 Å². The molecule has 1 aliphatic carbocycles. The topological polar surface area (TPSA) is 62.1 Å². The fourth-order valence-electron chi connectivity index (χ4n) is 7.12. The number of anilines is 2. The molecule has 1 saturated heterocycles. The summed E-state index contributed by atoms with van der Waals surface area (Å²) in [5, 5.41) is 4.15. The van der Waals surface area contributed by atoms with Gasteiger partial charge in [-0.05, 0) is 74.9 Å². The lowest BCUT2D eigenvalue weighted by molar-refractivity contribution is -0.124. The first-order chi connectivity index (χ1) is 19.9. The number of nitrogens with zero attached hydrogens (tertiary/aromatic N) is 4. The number of rotatable bonds is 6. The first-order valence-corrected chi connectivity index (χ1v) is 15.1. The molecule has 3 heterocycles. The number of methoxy groups -OCH3 is 1. The predicted molar refractivity (Wildman–Crippen MR) is 159 cm³/mol. The normalized spacial score (nSPS) is 20.2. The van der Waals surface area contributed by atoms with Crippen molar-refractivity contribution in [1.82, 2.24) is 10.1 Å². The molecule has 218 valence electrons. The van der Waals surface area contributed by atoms with E-state index in [1.54, 1.807) is 7.11 Å². The van der Waals surface area contributed by atoms with Gasteiger partial charge in [0.05, 0.1) is 18.5 Å². The van der Waals surface area contributed by atoms with E-state index in [0.717, 1.165) is 105 Å². The zero-order valence-electron chi connectivity index (χ0n) is 24.5. The Labute approximate surface area is 242 Å². The van der Waals surface area contributed by atoms with Crippen molar-refractivity contribution in [2.24, 2.45) is 5.92 Å². The molecule has 3 aromatic rings. The highest BCUT2D eigenvalue weighted by Crippen LogP contribution is 2.39. The number of carbonyl (C=O) groups is 1. The van der Waals surface area contributed by atoms with Crippen molar-refractivity contribution < 1.29 is 18.4 Å². The molecule has 6 rings (SSSR count). The van der Waals surface area contributed by atoms with E-state index in [2.05, 4.69) is 38.1 Å². The lowest BCUT2D eigenvalue weighted by atomic mass is 9.85. The van der Waals surface area contributed by atoms with E-state index < -0.39 is 0 Å². The fraction of sp³-hybridized carbons (Fsp3) is 0.515. The van der Waals surface area contributed by atoms with Crippen LogP contribution in [-0.4, -0.2) is 61.8 Å². The minimum absolute atomic E-state index is 0.113. The molecular weight excluding hydrogens is 519 g/mol. The van der Waals surface area contributed by atoms with E-state index in [4.69, 9.17) is 9.26 Å². The van der Waals surface area contributed by atoms with Gasteiger partial charge in [0.25, 0.3) is 0 Å². The molecular formula is C33H41FN4O3. The number of fused-ring (bicyclic) bond motifs is 1. The number of aromatic nitrogens is 1. The Morgan fingerprint density at radius 2 is 1.76 bits per heavy atom. The molecule has 2 aromatic carbocycles. The summed E-state index contributed by atoms with van der Waals surface area (Å²) in [6, 6.07) is 11.4. The van der Waals surface area contributed by atoms with Gasteiger partial charge in [0.2, 0.25) is 5.91 Å². The molecule has 2 fully saturated rings. The molecule has 8 heteroatoms. The Hall–Kier alpha value is -3.39. The van der Waals surface area contributed by atoms with Crippen LogP contribution >= 0.6 is 0 Å². The van der Waals surface area contributed by atoms with Gasteiger partial charge in [-0.3, -0.25) is 9.69 Å². The summed E-state index contributed by atoms with van der Waals surface area (Å²) in [5.41, 5.74) is 6.29. The summed E-state index contributed by atoms with van der Waals surface area (Å²) < 4.78 is 24.6. The van der Waals surface area contributed by atoms with Crippen molar-refractivity contribution in [3.63, 3.8) is 0 Å². The number of halogens is 1. The van der Waals surface area contributed by atoms with Crippen molar-refractivity contribution in [2.45, 2.75) is 64.8 Å². The van der Waals surface area contributed by atoms with Crippen LogP contribution in [0, 0.1) is 25.6 Å². The van der Waals surface area contributed by atoms with Gasteiger partial charge in [-0.15, -0.1) is 0 Å². The van der Waals surface area contributed by atoms with Gasteiger partial charge in [0.1, 0.15) is 17.3 Å². The van der Waals surface area contributed by atoms with Crippen LogP contribution in [0.1, 0.15) is 55.5 Å². The molecule has 7 nitrogen and oxygen atoms in total. The van der Waals surface area contributed by atoms with Crippen molar-refractivity contribution in [2.75, 3.05) is 49.6 Å². The van der Waals surface area contributed by atoms with E-state index in [0.29, 0.717) is 11.7 Å². The second-order valence-corrected chi connectivity index (χ2v) is 11.9. The number of amides is 1. The van der Waals surface area contributed by atoms with E-state index in [1.807, 2.05) is 19.9 Å². The minimum atomic E-state index is -0.289. The number of ether oxygens (including phenoxy) is 1. The zero-order valence-corrected chi connectivity index (χ0v) is 24.5. The van der Waals surface area contributed by atoms with Crippen LogP contribution in [-0.2, 0) is 11.2 Å². The summed E-state index contributed by atoms with van der Waals surface area (Å²) in [6.45, 7) is 8.24. The van der Waals surface area contributed by atoms with E-state index in [-0.39, 0.29) is 17.8 Å². The lowest BCUT2D eigenvalue weighted by Gasteiger charge is -2.44. The summed E-state index contributed by atoms with van der Waals surface area (Å²) in [4.78, 5) is 21.1. The number of piperazine rings is 1. The maximum Gasteiger partial charge on any atom is 0.230 e. The Balaban J connectivity index is 1.22. The highest BCUT2D eigenvalue weighted by atomic mass is 19.1. The van der Waals surface area contributed by atoms with Crippen molar-refractivity contribution >= 4 is 17.3 Å². The largest absolute Gasteiger partial charge is 0.494 e. The number of carbonyl (C=O) groups excluding carboxylic acids is 1. The maximum absolute atomic E-state index is 14.2. The van der Waals surface area contributed by atoms with Crippen LogP contribution in [0.4, 0.5) is 15.8 Å². The highest BCUT2D eigenvalue weighted by Gasteiger charge is 2.37. The van der Waals surface area contributed by atoms with Crippen LogP contribution < -0.4 is 14.5 Å². The molecule has 0 N–H and O–H groups in total. The van der Waals surface area contributed by atoms with Gasteiger partial charge in [-0.1, -0.05) is 30.5 Å². The Kier molecular flexibility index (Phi) is 8.02. The van der Waals surface area contributed by atoms with Crippen LogP contribution in [0.25, 0.3) is 11.1 Å². The third-order valence-electron chi connectivity index (χ3n) is 9.29. The van der Waals surface area contributed by atoms with Gasteiger partial charge < -0.3 is 19.1 Å². The second-order valence-electron chi connectivity index (χ2n) is 11.9. The first kappa shape index (κ1) is 27.8. The molecule has 0 radical (unpaired) electrons. The molecule has 2 aliphatic heterocycles. The van der Waals surface area contributed by atoms with Crippen LogP contribution in [0.15, 0.2) is 40.9 Å². The quantitative estimate of drug-likeness (QED) is 0.360. The fourth-order valence-corrected chi connectivity index (χ4v) is 7.12. The van der Waals surface area contributed by atoms with Crippen LogP contribution in [0.5, 0.6) is 5.75 Å². The van der Waals surface area contributed by atoms with E-state index in [1.165, 1.54) is 24.1 Å². The smallest absolute Gasteiger partial charge is 0.230 e. The molecule has 0 spiro atoms. The Bertz CT molecular complexity index is 1370. The molecule has 1 unspecified atom stereocenters. The third-order valence-corrected chi connectivity index (χ3v) is 9.29. The van der Waals surface area contributed by atoms with E-state index >= 15 is 0 Å². The predicted octanol–water partition coefficient (Wildman–Crippen LogP) is 6.16. The van der Waals surface area contributed by atoms with Gasteiger partial charge in [-0.25, -0.2) is 4.39 Å². The van der Waals surface area contributed by atoms with E-state index in [9.17, 15) is 9.18 Å². The summed E-state index contributed by atoms with van der Waals surface area (Å²) in [6.07, 6.45) is 7.39. The third kappa shape index (κ3) is 5.59. The Morgan fingerprint density at radius 1 is 1.00 bits per heavy atom. The molecule has 1 aromatic heterocycles. The summed E-state index contributed by atoms with van der Waals surface area (Å²) in [5.74, 6) is 1.52. The van der Waals surface area contributed by atoms with Crippen molar-refractivity contribution in [1.29, 1.82) is 0 Å². The van der Waals surface area contributed by atoms with Gasteiger partial charge in [0.15, 0.2) is 0 Å². The van der Waals surface area contributed by atoms with Crippen molar-refractivity contribution in [3.8, 4) is 16.9 Å². The average Bonchev–Trinajstić information content (AvgIpc) is 3.34. The monoisotopic (exact) mass is 560 g/mol. The van der Waals surface area contributed by atoms with Gasteiger partial charge in [0, 0.05) is 62.0 Å². The maximum atomic E-state index is 14.2. The number of aryl methyl sites for hydroxylation is 3. The number of hydrogen-bond donors (Lipinski definition) is 0. The molecule has 1 atom stereocenters. The molecule has 1 amide bonds. The molecule has 3 aliphatic rings. The lowest BCUT2D eigenvalue weighted by Crippen LogP contribution is -2.55. The summed E-state index contributed by atoms with van der Waals surface area (Å²) >= 11 is 0. The zero-order chi connectivity index (χ0) is 28.5. The highest BCUT2D eigenvalue weighted by molar-refractivity contribution is 5.97. The van der Waals surface area contributed by atoms with Gasteiger partial charge >= 0.3 is 0 Å². The molecule has 41 heavy (non-hydrogen) atoms. The SMILES string of the molecule is COc1cc(F)ccc1N1CCN(CC2CCc3cc(-c4c(C)noc4C)ccc3N2C(=O)C2CCCCC2)CC1. The second kappa shape index (κ2) is 11.8. The summed E-state index contributed by atoms with van der Waals surface area (Å²) in [7, 11) is 1.59. The average molecular weight is 561 g/mol. The van der Waals surface area contributed by atoms with Crippen LogP contribution in [0.3, 0.4) is 0 Å². The van der Waals surface area contributed by atoms with Crippen LogP contribution in [0.2, 0.25) is 0 Å². The minimum Gasteiger partial charge on any atom is -0.494 e. The first-order valence-electron chi connectivity index (χ1n) is 15.1. The number of benzene rings is 2. The Morgan fingerprint density at radius 3 is 2.46 bits per heavy atom. The van der Waals surface area contributed by atoms with Gasteiger partial charge in [-0.2, -0.15) is 0 Å². The number of hydrogen-bond acceptors (Lipinski definition) is 6.